The van der Waals surface area contributed by atoms with Crippen molar-refractivity contribution in [3.05, 3.63) is 76.0 Å². The average Bonchev–Trinajstić information content (AvgIpc) is 2.66. The Morgan fingerprint density at radius 3 is 2.80 bits per heavy atom. The predicted octanol–water partition coefficient (Wildman–Crippen LogP) is 3.74. The van der Waals surface area contributed by atoms with Gasteiger partial charge in [0.15, 0.2) is 0 Å². The van der Waals surface area contributed by atoms with Gasteiger partial charge in [-0.05, 0) is 37.1 Å². The molecule has 0 atom stereocenters. The number of anilines is 1. The van der Waals surface area contributed by atoms with Gasteiger partial charge in [0, 0.05) is 29.8 Å². The molecule has 0 unspecified atom stereocenters. The fraction of sp³-hybridized carbons (Fsp3) is 0.158. The highest BCUT2D eigenvalue weighted by Gasteiger charge is 2.29. The third-order valence-corrected chi connectivity index (χ3v) is 4.54. The Balaban J connectivity index is 1.83. The van der Waals surface area contributed by atoms with Crippen molar-refractivity contribution in [1.29, 1.82) is 0 Å². The smallest absolute Gasteiger partial charge is 0.274 e. The first-order valence-corrected chi connectivity index (χ1v) is 8.09. The van der Waals surface area contributed by atoms with E-state index >= 15 is 0 Å². The first-order chi connectivity index (χ1) is 12.2. The monoisotopic (exact) mass is 333 g/mol. The molecule has 25 heavy (non-hydrogen) atoms. The Kier molecular flexibility index (Phi) is 3.65. The summed E-state index contributed by atoms with van der Waals surface area (Å²) in [6.07, 6.45) is 3.00. The van der Waals surface area contributed by atoms with Gasteiger partial charge in [-0.1, -0.05) is 18.2 Å². The minimum atomic E-state index is -0.380. The van der Waals surface area contributed by atoms with E-state index in [1.165, 1.54) is 6.07 Å². The quantitative estimate of drug-likeness (QED) is 0.529. The van der Waals surface area contributed by atoms with Crippen molar-refractivity contribution in [2.24, 2.45) is 0 Å². The van der Waals surface area contributed by atoms with E-state index in [4.69, 9.17) is 0 Å². The number of pyridine rings is 1. The van der Waals surface area contributed by atoms with Crippen molar-refractivity contribution in [2.45, 2.75) is 12.8 Å². The van der Waals surface area contributed by atoms with Crippen molar-refractivity contribution < 1.29 is 9.72 Å². The van der Waals surface area contributed by atoms with Gasteiger partial charge in [0.05, 0.1) is 21.7 Å². The highest BCUT2D eigenvalue weighted by Crippen LogP contribution is 2.35. The molecule has 1 aromatic heterocycles. The number of amides is 1. The fourth-order valence-electron chi connectivity index (χ4n) is 3.42. The first kappa shape index (κ1) is 15.3. The average molecular weight is 333 g/mol. The number of benzene rings is 2. The minimum Gasteiger partial charge on any atom is -0.308 e. The van der Waals surface area contributed by atoms with Crippen LogP contribution in [0.4, 0.5) is 11.4 Å². The molecule has 1 aliphatic heterocycles. The molecule has 1 aliphatic rings. The molecule has 4 rings (SSSR count). The lowest BCUT2D eigenvalue weighted by atomic mass is 9.98. The van der Waals surface area contributed by atoms with Gasteiger partial charge in [0.2, 0.25) is 0 Å². The van der Waals surface area contributed by atoms with E-state index in [9.17, 15) is 14.9 Å². The second-order valence-electron chi connectivity index (χ2n) is 5.97. The number of carbonyl (C=O) groups is 1. The summed E-state index contributed by atoms with van der Waals surface area (Å²) in [5.41, 5.74) is 2.65. The summed E-state index contributed by atoms with van der Waals surface area (Å²) in [4.78, 5) is 30.0. The Hall–Kier alpha value is -3.28. The summed E-state index contributed by atoms with van der Waals surface area (Å²) in [5, 5.41) is 12.1. The summed E-state index contributed by atoms with van der Waals surface area (Å²) in [7, 11) is 0. The third-order valence-electron chi connectivity index (χ3n) is 4.54. The molecule has 1 amide bonds. The summed E-state index contributed by atoms with van der Waals surface area (Å²) in [6, 6.07) is 14.0. The van der Waals surface area contributed by atoms with Gasteiger partial charge in [-0.3, -0.25) is 19.9 Å². The molecule has 0 bridgehead atoms. The van der Waals surface area contributed by atoms with E-state index in [1.54, 1.807) is 41.4 Å². The molecule has 0 saturated carbocycles. The maximum absolute atomic E-state index is 13.2. The van der Waals surface area contributed by atoms with Crippen molar-refractivity contribution in [1.82, 2.24) is 4.98 Å². The van der Waals surface area contributed by atoms with Crippen LogP contribution in [-0.2, 0) is 6.42 Å². The van der Waals surface area contributed by atoms with Crippen LogP contribution in [0.25, 0.3) is 10.9 Å². The van der Waals surface area contributed by atoms with Gasteiger partial charge >= 0.3 is 0 Å². The summed E-state index contributed by atoms with van der Waals surface area (Å²) in [5.74, 6) is -0.153. The van der Waals surface area contributed by atoms with Gasteiger partial charge < -0.3 is 4.90 Å². The zero-order chi connectivity index (χ0) is 17.4. The molecule has 6 heteroatoms. The SMILES string of the molecule is O=C(c1cccc2ncccc12)N1CCCc2c1cccc2[N+](=O)[O-]. The second kappa shape index (κ2) is 5.98. The molecule has 6 nitrogen and oxygen atoms in total. The van der Waals surface area contributed by atoms with Crippen LogP contribution < -0.4 is 4.90 Å². The molecule has 0 aliphatic carbocycles. The van der Waals surface area contributed by atoms with Crippen LogP contribution in [0.1, 0.15) is 22.3 Å². The lowest BCUT2D eigenvalue weighted by Crippen LogP contribution is -2.35. The summed E-state index contributed by atoms with van der Waals surface area (Å²) >= 11 is 0. The van der Waals surface area contributed by atoms with Crippen LogP contribution in [0, 0.1) is 10.1 Å². The van der Waals surface area contributed by atoms with Crippen LogP contribution >= 0.6 is 0 Å². The summed E-state index contributed by atoms with van der Waals surface area (Å²) in [6.45, 7) is 0.545. The molecule has 124 valence electrons. The van der Waals surface area contributed by atoms with Crippen LogP contribution in [0.3, 0.4) is 0 Å². The molecule has 0 N–H and O–H groups in total. The van der Waals surface area contributed by atoms with E-state index in [0.717, 1.165) is 10.9 Å². The Morgan fingerprint density at radius 2 is 1.96 bits per heavy atom. The number of aromatic nitrogens is 1. The van der Waals surface area contributed by atoms with E-state index < -0.39 is 0 Å². The second-order valence-corrected chi connectivity index (χ2v) is 5.97. The Bertz CT molecular complexity index is 995. The Morgan fingerprint density at radius 1 is 1.12 bits per heavy atom. The zero-order valence-electron chi connectivity index (χ0n) is 13.4. The van der Waals surface area contributed by atoms with Crippen LogP contribution in [0.15, 0.2) is 54.7 Å². The molecule has 2 aromatic carbocycles. The molecule has 0 saturated heterocycles. The van der Waals surface area contributed by atoms with Crippen molar-refractivity contribution in [2.75, 3.05) is 11.4 Å². The number of hydrogen-bond donors (Lipinski definition) is 0. The minimum absolute atomic E-state index is 0.0783. The van der Waals surface area contributed by atoms with Crippen molar-refractivity contribution >= 4 is 28.2 Å². The lowest BCUT2D eigenvalue weighted by molar-refractivity contribution is -0.385. The molecule has 3 aromatic rings. The predicted molar refractivity (Wildman–Crippen MR) is 94.8 cm³/mol. The zero-order valence-corrected chi connectivity index (χ0v) is 13.4. The van der Waals surface area contributed by atoms with Gasteiger partial charge in [0.25, 0.3) is 11.6 Å². The maximum Gasteiger partial charge on any atom is 0.274 e. The van der Waals surface area contributed by atoms with Gasteiger partial charge in [0.1, 0.15) is 0 Å². The number of fused-ring (bicyclic) bond motifs is 2. The number of nitrogens with zero attached hydrogens (tertiary/aromatic N) is 3. The molecule has 0 fully saturated rings. The third kappa shape index (κ3) is 2.52. The number of carbonyl (C=O) groups excluding carboxylic acids is 1. The largest absolute Gasteiger partial charge is 0.308 e. The van der Waals surface area contributed by atoms with Crippen molar-refractivity contribution in [3.63, 3.8) is 0 Å². The van der Waals surface area contributed by atoms with Crippen molar-refractivity contribution in [3.8, 4) is 0 Å². The van der Waals surface area contributed by atoms with E-state index in [2.05, 4.69) is 4.98 Å². The molecule has 2 heterocycles. The van der Waals surface area contributed by atoms with E-state index in [0.29, 0.717) is 36.2 Å². The Labute approximate surface area is 143 Å². The van der Waals surface area contributed by atoms with Crippen LogP contribution in [0.5, 0.6) is 0 Å². The number of nitro groups is 1. The van der Waals surface area contributed by atoms with Crippen LogP contribution in [-0.4, -0.2) is 22.4 Å². The van der Waals surface area contributed by atoms with Gasteiger partial charge in [-0.15, -0.1) is 0 Å². The van der Waals surface area contributed by atoms with E-state index in [-0.39, 0.29) is 16.5 Å². The van der Waals surface area contributed by atoms with E-state index in [1.807, 2.05) is 12.1 Å². The number of nitro benzene ring substituents is 1. The van der Waals surface area contributed by atoms with Crippen LogP contribution in [0.2, 0.25) is 0 Å². The topological polar surface area (TPSA) is 76.3 Å². The molecular formula is C19H15N3O3. The van der Waals surface area contributed by atoms with Gasteiger partial charge in [-0.25, -0.2) is 0 Å². The highest BCUT2D eigenvalue weighted by atomic mass is 16.6. The van der Waals surface area contributed by atoms with Gasteiger partial charge in [-0.2, -0.15) is 0 Å². The lowest BCUT2D eigenvalue weighted by Gasteiger charge is -2.29. The highest BCUT2D eigenvalue weighted by molar-refractivity contribution is 6.14. The molecule has 0 spiro atoms. The number of hydrogen-bond acceptors (Lipinski definition) is 4. The maximum atomic E-state index is 13.2. The molecular weight excluding hydrogens is 318 g/mol. The number of rotatable bonds is 2. The standard InChI is InChI=1S/C19H15N3O3/c23-19(14-5-1-8-16-13(14)6-3-11-20-16)21-12-4-7-15-17(21)9-2-10-18(15)22(24)25/h1-3,5-6,8-11H,4,7,12H2. The normalized spacial score (nSPS) is 13.5. The first-order valence-electron chi connectivity index (χ1n) is 8.09. The molecule has 0 radical (unpaired) electrons. The summed E-state index contributed by atoms with van der Waals surface area (Å²) < 4.78 is 0. The fourth-order valence-corrected chi connectivity index (χ4v) is 3.42.